The summed E-state index contributed by atoms with van der Waals surface area (Å²) in [7, 11) is 6.52. The van der Waals surface area contributed by atoms with E-state index in [-0.39, 0.29) is 0 Å². The monoisotopic (exact) mass is 389 g/mol. The molecular weight excluding hydrogens is 344 g/mol. The Morgan fingerprint density at radius 1 is 0.857 bits per heavy atom. The summed E-state index contributed by atoms with van der Waals surface area (Å²) in [4.78, 5) is 14.3. The molecular formula is C25H45N2O+. The van der Waals surface area contributed by atoms with Gasteiger partial charge in [-0.3, -0.25) is 4.79 Å². The molecule has 1 aromatic carbocycles. The van der Waals surface area contributed by atoms with Crippen LogP contribution in [-0.2, 0) is 11.3 Å². The molecule has 1 rings (SSSR count). The highest BCUT2D eigenvalue weighted by Crippen LogP contribution is 2.12. The van der Waals surface area contributed by atoms with Gasteiger partial charge in [-0.1, -0.05) is 88.6 Å². The quantitative estimate of drug-likeness (QED) is 0.249. The summed E-state index contributed by atoms with van der Waals surface area (Å²) in [5.74, 6) is 0.316. The predicted octanol–water partition coefficient (Wildman–Crippen LogP) is 6.03. The van der Waals surface area contributed by atoms with Crippen molar-refractivity contribution in [3.05, 3.63) is 35.9 Å². The second-order valence-electron chi connectivity index (χ2n) is 9.05. The van der Waals surface area contributed by atoms with Gasteiger partial charge >= 0.3 is 0 Å². The lowest BCUT2D eigenvalue weighted by molar-refractivity contribution is -0.903. The van der Waals surface area contributed by atoms with Gasteiger partial charge in [-0.25, -0.2) is 0 Å². The van der Waals surface area contributed by atoms with E-state index in [1.54, 1.807) is 0 Å². The van der Waals surface area contributed by atoms with E-state index in [0.717, 1.165) is 37.0 Å². The minimum atomic E-state index is 0.316. The lowest BCUT2D eigenvalue weighted by Gasteiger charge is -2.30. The van der Waals surface area contributed by atoms with Crippen molar-refractivity contribution in [1.29, 1.82) is 0 Å². The molecule has 0 aliphatic heterocycles. The van der Waals surface area contributed by atoms with Crippen LogP contribution in [0.1, 0.15) is 83.1 Å². The maximum absolute atomic E-state index is 12.3. The Labute approximate surface area is 174 Å². The third-order valence-corrected chi connectivity index (χ3v) is 5.63. The molecule has 3 heteroatoms. The number of quaternary nitrogens is 1. The SMILES string of the molecule is CCCCCCCCCCCC(=O)N(C)CCC[N+](C)(C)Cc1ccccc1. The van der Waals surface area contributed by atoms with Gasteiger partial charge in [-0.05, 0) is 6.42 Å². The van der Waals surface area contributed by atoms with Crippen LogP contribution in [0, 0.1) is 0 Å². The van der Waals surface area contributed by atoms with Crippen LogP contribution < -0.4 is 0 Å². The largest absolute Gasteiger partial charge is 0.346 e. The van der Waals surface area contributed by atoms with Crippen LogP contribution in [0.3, 0.4) is 0 Å². The molecule has 1 amide bonds. The molecule has 0 spiro atoms. The first-order valence-corrected chi connectivity index (χ1v) is 11.5. The summed E-state index contributed by atoms with van der Waals surface area (Å²) in [6.07, 6.45) is 13.5. The summed E-state index contributed by atoms with van der Waals surface area (Å²) in [6, 6.07) is 10.7. The minimum Gasteiger partial charge on any atom is -0.346 e. The third kappa shape index (κ3) is 12.2. The summed E-state index contributed by atoms with van der Waals surface area (Å²) in [5.41, 5.74) is 1.38. The number of unbranched alkanes of at least 4 members (excludes halogenated alkanes) is 8. The molecule has 0 aliphatic carbocycles. The van der Waals surface area contributed by atoms with Crippen LogP contribution in [-0.4, -0.2) is 49.5 Å². The van der Waals surface area contributed by atoms with Crippen molar-refractivity contribution in [3.63, 3.8) is 0 Å². The molecule has 0 saturated heterocycles. The molecule has 28 heavy (non-hydrogen) atoms. The second-order valence-corrected chi connectivity index (χ2v) is 9.05. The number of carbonyl (C=O) groups is 1. The van der Waals surface area contributed by atoms with E-state index < -0.39 is 0 Å². The van der Waals surface area contributed by atoms with Crippen molar-refractivity contribution < 1.29 is 9.28 Å². The average Bonchev–Trinajstić information content (AvgIpc) is 2.66. The minimum absolute atomic E-state index is 0.316. The van der Waals surface area contributed by atoms with Crippen LogP contribution >= 0.6 is 0 Å². The highest BCUT2D eigenvalue weighted by molar-refractivity contribution is 5.75. The number of nitrogens with zero attached hydrogens (tertiary/aromatic N) is 2. The van der Waals surface area contributed by atoms with Crippen LogP contribution in [0.2, 0.25) is 0 Å². The molecule has 0 bridgehead atoms. The molecule has 0 atom stereocenters. The smallest absolute Gasteiger partial charge is 0.222 e. The van der Waals surface area contributed by atoms with Gasteiger partial charge in [0.1, 0.15) is 6.54 Å². The predicted molar refractivity (Wildman–Crippen MR) is 121 cm³/mol. The standard InChI is InChI=1S/C25H45N2O/c1-5-6-7-8-9-10-11-12-16-20-25(28)26(2)21-17-22-27(3,4)23-24-18-14-13-15-19-24/h13-15,18-19H,5-12,16-17,20-23H2,1-4H3/q+1. The van der Waals surface area contributed by atoms with Gasteiger partial charge in [0, 0.05) is 32.0 Å². The average molecular weight is 390 g/mol. The van der Waals surface area contributed by atoms with E-state index in [4.69, 9.17) is 0 Å². The highest BCUT2D eigenvalue weighted by atomic mass is 16.2. The Morgan fingerprint density at radius 3 is 2.04 bits per heavy atom. The molecule has 3 nitrogen and oxygen atoms in total. The number of carbonyl (C=O) groups excluding carboxylic acids is 1. The summed E-state index contributed by atoms with van der Waals surface area (Å²) in [6.45, 7) is 5.26. The molecule has 0 saturated carbocycles. The van der Waals surface area contributed by atoms with Gasteiger partial charge in [-0.2, -0.15) is 0 Å². The Morgan fingerprint density at radius 2 is 1.43 bits per heavy atom. The maximum atomic E-state index is 12.3. The number of benzene rings is 1. The van der Waals surface area contributed by atoms with Crippen molar-refractivity contribution in [2.24, 2.45) is 0 Å². The zero-order valence-electron chi connectivity index (χ0n) is 19.1. The first-order valence-electron chi connectivity index (χ1n) is 11.5. The molecule has 0 unspecified atom stereocenters. The normalized spacial score (nSPS) is 11.6. The van der Waals surface area contributed by atoms with E-state index >= 15 is 0 Å². The number of hydrogen-bond acceptors (Lipinski definition) is 1. The fourth-order valence-electron chi connectivity index (χ4n) is 3.80. The van der Waals surface area contributed by atoms with Gasteiger partial charge in [0.2, 0.25) is 5.91 Å². The third-order valence-electron chi connectivity index (χ3n) is 5.63. The Hall–Kier alpha value is -1.35. The number of hydrogen-bond donors (Lipinski definition) is 0. The molecule has 0 aliphatic rings. The Bertz CT molecular complexity index is 513. The molecule has 1 aromatic rings. The molecule has 0 fully saturated rings. The van der Waals surface area contributed by atoms with Crippen LogP contribution in [0.4, 0.5) is 0 Å². The van der Waals surface area contributed by atoms with Crippen molar-refractivity contribution >= 4 is 5.91 Å². The zero-order chi connectivity index (χ0) is 20.7. The van der Waals surface area contributed by atoms with Gasteiger partial charge in [0.15, 0.2) is 0 Å². The van der Waals surface area contributed by atoms with Crippen LogP contribution in [0.25, 0.3) is 0 Å². The van der Waals surface area contributed by atoms with Crippen molar-refractivity contribution in [1.82, 2.24) is 4.90 Å². The Kier molecular flexibility index (Phi) is 12.9. The Balaban J connectivity index is 2.07. The summed E-state index contributed by atoms with van der Waals surface area (Å²) in [5, 5.41) is 0. The number of amides is 1. The van der Waals surface area contributed by atoms with Gasteiger partial charge in [0.25, 0.3) is 0 Å². The number of rotatable bonds is 16. The molecule has 0 radical (unpaired) electrons. The van der Waals surface area contributed by atoms with Gasteiger partial charge < -0.3 is 9.38 Å². The lowest BCUT2D eigenvalue weighted by Crippen LogP contribution is -2.41. The zero-order valence-corrected chi connectivity index (χ0v) is 19.1. The van der Waals surface area contributed by atoms with Crippen molar-refractivity contribution in [2.45, 2.75) is 84.1 Å². The lowest BCUT2D eigenvalue weighted by atomic mass is 10.1. The van der Waals surface area contributed by atoms with Crippen molar-refractivity contribution in [2.75, 3.05) is 34.2 Å². The fourth-order valence-corrected chi connectivity index (χ4v) is 3.80. The first-order chi connectivity index (χ1) is 13.4. The molecule has 0 heterocycles. The van der Waals surface area contributed by atoms with Crippen molar-refractivity contribution in [3.8, 4) is 0 Å². The fraction of sp³-hybridized carbons (Fsp3) is 0.720. The van der Waals surface area contributed by atoms with Gasteiger partial charge in [-0.15, -0.1) is 0 Å². The molecule has 160 valence electrons. The highest BCUT2D eigenvalue weighted by Gasteiger charge is 2.16. The van der Waals surface area contributed by atoms with Crippen LogP contribution in [0.15, 0.2) is 30.3 Å². The summed E-state index contributed by atoms with van der Waals surface area (Å²) < 4.78 is 0.963. The summed E-state index contributed by atoms with van der Waals surface area (Å²) >= 11 is 0. The van der Waals surface area contributed by atoms with Crippen LogP contribution in [0.5, 0.6) is 0 Å². The van der Waals surface area contributed by atoms with E-state index in [1.807, 2.05) is 11.9 Å². The maximum Gasteiger partial charge on any atom is 0.222 e. The molecule has 0 aromatic heterocycles. The topological polar surface area (TPSA) is 20.3 Å². The second kappa shape index (κ2) is 14.6. The molecule has 0 N–H and O–H groups in total. The van der Waals surface area contributed by atoms with E-state index in [9.17, 15) is 4.79 Å². The van der Waals surface area contributed by atoms with E-state index in [0.29, 0.717) is 12.3 Å². The van der Waals surface area contributed by atoms with Gasteiger partial charge in [0.05, 0.1) is 20.6 Å². The first kappa shape index (κ1) is 24.7. The van der Waals surface area contributed by atoms with E-state index in [1.165, 1.54) is 56.9 Å². The van der Waals surface area contributed by atoms with E-state index in [2.05, 4.69) is 51.4 Å².